The summed E-state index contributed by atoms with van der Waals surface area (Å²) in [6.45, 7) is 1.71. The number of nitrogens with zero attached hydrogens (tertiary/aromatic N) is 1. The summed E-state index contributed by atoms with van der Waals surface area (Å²) < 4.78 is 31.0. The molecule has 1 aromatic rings. The third kappa shape index (κ3) is 3.47. The molecule has 1 fully saturated rings. The summed E-state index contributed by atoms with van der Waals surface area (Å²) in [4.78, 5) is 10.6. The molecule has 0 amide bonds. The first-order valence-electron chi connectivity index (χ1n) is 6.16. The van der Waals surface area contributed by atoms with Gasteiger partial charge in [-0.15, -0.1) is 0 Å². The maximum Gasteiger partial charge on any atom is 0.341 e. The van der Waals surface area contributed by atoms with Crippen LogP contribution in [0.5, 0.6) is 5.75 Å². The van der Waals surface area contributed by atoms with Gasteiger partial charge in [0.25, 0.3) is 0 Å². The van der Waals surface area contributed by atoms with E-state index < -0.39 is 22.6 Å². The predicted octanol–water partition coefficient (Wildman–Crippen LogP) is -0.256. The Hall–Kier alpha value is -1.64. The number of ether oxygens (including phenoxy) is 1. The first kappa shape index (κ1) is 14.8. The van der Waals surface area contributed by atoms with Gasteiger partial charge in [0.15, 0.2) is 6.61 Å². The Kier molecular flexibility index (Phi) is 4.58. The number of carboxylic acids is 1. The van der Waals surface area contributed by atoms with Gasteiger partial charge in [-0.3, -0.25) is 0 Å². The second-order valence-corrected chi connectivity index (χ2v) is 6.25. The Morgan fingerprint density at radius 2 is 1.85 bits per heavy atom. The van der Waals surface area contributed by atoms with Crippen molar-refractivity contribution in [2.24, 2.45) is 0 Å². The van der Waals surface area contributed by atoms with E-state index in [1.807, 2.05) is 0 Å². The summed E-state index contributed by atoms with van der Waals surface area (Å²) in [5, 5.41) is 11.6. The van der Waals surface area contributed by atoms with Crippen molar-refractivity contribution in [1.82, 2.24) is 9.62 Å². The molecule has 1 heterocycles. The minimum absolute atomic E-state index is 0.182. The molecule has 0 aliphatic carbocycles. The van der Waals surface area contributed by atoms with Crippen LogP contribution in [-0.4, -0.2) is 56.6 Å². The predicted molar refractivity (Wildman–Crippen MR) is 71.2 cm³/mol. The highest BCUT2D eigenvalue weighted by molar-refractivity contribution is 7.89. The molecule has 20 heavy (non-hydrogen) atoms. The molecular weight excluding hydrogens is 284 g/mol. The lowest BCUT2D eigenvalue weighted by atomic mass is 10.3. The number of hydrogen-bond donors (Lipinski definition) is 2. The summed E-state index contributed by atoms with van der Waals surface area (Å²) in [6.07, 6.45) is 0. The van der Waals surface area contributed by atoms with Crippen molar-refractivity contribution >= 4 is 16.0 Å². The number of sulfonamides is 1. The number of hydrogen-bond acceptors (Lipinski definition) is 5. The van der Waals surface area contributed by atoms with Gasteiger partial charge < -0.3 is 15.2 Å². The average molecular weight is 300 g/mol. The van der Waals surface area contributed by atoms with Crippen molar-refractivity contribution < 1.29 is 23.1 Å². The van der Waals surface area contributed by atoms with Gasteiger partial charge in [0, 0.05) is 26.2 Å². The number of carbonyl (C=O) groups is 1. The van der Waals surface area contributed by atoms with Crippen LogP contribution in [0.3, 0.4) is 0 Å². The minimum Gasteiger partial charge on any atom is -0.482 e. The van der Waals surface area contributed by atoms with Crippen LogP contribution < -0.4 is 10.1 Å². The molecule has 110 valence electrons. The zero-order valence-electron chi connectivity index (χ0n) is 10.8. The fourth-order valence-corrected chi connectivity index (χ4v) is 3.33. The van der Waals surface area contributed by atoms with E-state index in [4.69, 9.17) is 9.84 Å². The summed E-state index contributed by atoms with van der Waals surface area (Å²) in [5.41, 5.74) is 0. The smallest absolute Gasteiger partial charge is 0.341 e. The number of carboxylic acid groups (broad SMARTS) is 1. The molecule has 0 saturated carbocycles. The molecule has 1 saturated heterocycles. The third-order valence-corrected chi connectivity index (χ3v) is 4.81. The number of rotatable bonds is 5. The van der Waals surface area contributed by atoms with Gasteiger partial charge in [0.2, 0.25) is 10.0 Å². The molecule has 1 aliphatic heterocycles. The molecule has 0 spiro atoms. The molecule has 2 N–H and O–H groups in total. The maximum absolute atomic E-state index is 12.3. The van der Waals surface area contributed by atoms with Crippen molar-refractivity contribution in [2.45, 2.75) is 4.90 Å². The van der Waals surface area contributed by atoms with Gasteiger partial charge in [-0.05, 0) is 24.3 Å². The summed E-state index contributed by atoms with van der Waals surface area (Å²) in [7, 11) is -3.49. The highest BCUT2D eigenvalue weighted by Gasteiger charge is 2.25. The molecule has 0 unspecified atom stereocenters. The molecule has 1 aliphatic rings. The molecule has 1 aromatic carbocycles. The van der Waals surface area contributed by atoms with Gasteiger partial charge >= 0.3 is 5.97 Å². The van der Waals surface area contributed by atoms with Crippen LogP contribution in [0.4, 0.5) is 0 Å². The highest BCUT2D eigenvalue weighted by atomic mass is 32.2. The highest BCUT2D eigenvalue weighted by Crippen LogP contribution is 2.19. The monoisotopic (exact) mass is 300 g/mol. The Labute approximate surface area is 117 Å². The molecule has 0 radical (unpaired) electrons. The van der Waals surface area contributed by atoms with Crippen molar-refractivity contribution in [3.8, 4) is 5.75 Å². The normalized spacial score (nSPS) is 16.8. The standard InChI is InChI=1S/C12H16N2O5S/c15-12(16)9-19-10-1-3-11(4-2-10)20(17,18)14-7-5-13-6-8-14/h1-4,13H,5-9H2,(H,15,16). The van der Waals surface area contributed by atoms with E-state index in [1.54, 1.807) is 0 Å². The summed E-state index contributed by atoms with van der Waals surface area (Å²) in [5.74, 6) is -0.755. The summed E-state index contributed by atoms with van der Waals surface area (Å²) >= 11 is 0. The molecule has 2 rings (SSSR count). The van der Waals surface area contributed by atoms with Crippen molar-refractivity contribution in [3.63, 3.8) is 0 Å². The zero-order valence-corrected chi connectivity index (χ0v) is 11.6. The lowest BCUT2D eigenvalue weighted by Crippen LogP contribution is -2.46. The van der Waals surface area contributed by atoms with Crippen LogP contribution in [0, 0.1) is 0 Å². The van der Waals surface area contributed by atoms with E-state index in [2.05, 4.69) is 5.32 Å². The Morgan fingerprint density at radius 1 is 1.25 bits per heavy atom. The second kappa shape index (κ2) is 6.21. The van der Waals surface area contributed by atoms with E-state index in [0.29, 0.717) is 31.9 Å². The van der Waals surface area contributed by atoms with Crippen LogP contribution in [0.2, 0.25) is 0 Å². The largest absolute Gasteiger partial charge is 0.482 e. The van der Waals surface area contributed by atoms with Gasteiger partial charge in [0.05, 0.1) is 4.90 Å². The Balaban J connectivity index is 2.10. The van der Waals surface area contributed by atoms with E-state index in [0.717, 1.165) is 0 Å². The topological polar surface area (TPSA) is 95.9 Å². The van der Waals surface area contributed by atoms with E-state index in [1.165, 1.54) is 28.6 Å². The third-order valence-electron chi connectivity index (χ3n) is 2.90. The quantitative estimate of drug-likeness (QED) is 0.778. The number of piperazine rings is 1. The number of aliphatic carboxylic acids is 1. The lowest BCUT2D eigenvalue weighted by molar-refractivity contribution is -0.139. The molecule has 0 bridgehead atoms. The summed E-state index contributed by atoms with van der Waals surface area (Å²) in [6, 6.07) is 5.76. The van der Waals surface area contributed by atoms with Crippen LogP contribution >= 0.6 is 0 Å². The van der Waals surface area contributed by atoms with Crippen molar-refractivity contribution in [1.29, 1.82) is 0 Å². The van der Waals surface area contributed by atoms with Crippen LogP contribution in [0.25, 0.3) is 0 Å². The SMILES string of the molecule is O=C(O)COc1ccc(S(=O)(=O)N2CCNCC2)cc1. The molecule has 7 nitrogen and oxygen atoms in total. The fraction of sp³-hybridized carbons (Fsp3) is 0.417. The van der Waals surface area contributed by atoms with Gasteiger partial charge in [-0.2, -0.15) is 4.31 Å². The van der Waals surface area contributed by atoms with Crippen molar-refractivity contribution in [2.75, 3.05) is 32.8 Å². The average Bonchev–Trinajstić information content (AvgIpc) is 2.46. The van der Waals surface area contributed by atoms with Gasteiger partial charge in [-0.25, -0.2) is 13.2 Å². The first-order valence-corrected chi connectivity index (χ1v) is 7.60. The van der Waals surface area contributed by atoms with Gasteiger partial charge in [-0.1, -0.05) is 0 Å². The molecular formula is C12H16N2O5S. The zero-order chi connectivity index (χ0) is 14.6. The lowest BCUT2D eigenvalue weighted by Gasteiger charge is -2.26. The van der Waals surface area contributed by atoms with Crippen LogP contribution in [-0.2, 0) is 14.8 Å². The maximum atomic E-state index is 12.3. The van der Waals surface area contributed by atoms with Crippen LogP contribution in [0.15, 0.2) is 29.2 Å². The van der Waals surface area contributed by atoms with Gasteiger partial charge in [0.1, 0.15) is 5.75 Å². The molecule has 8 heteroatoms. The second-order valence-electron chi connectivity index (χ2n) is 4.31. The van der Waals surface area contributed by atoms with E-state index in [9.17, 15) is 13.2 Å². The number of benzene rings is 1. The van der Waals surface area contributed by atoms with E-state index >= 15 is 0 Å². The minimum atomic E-state index is -3.49. The fourth-order valence-electron chi connectivity index (χ4n) is 1.89. The Morgan fingerprint density at radius 3 is 2.40 bits per heavy atom. The van der Waals surface area contributed by atoms with E-state index in [-0.39, 0.29) is 4.90 Å². The van der Waals surface area contributed by atoms with Crippen LogP contribution in [0.1, 0.15) is 0 Å². The van der Waals surface area contributed by atoms with Crippen molar-refractivity contribution in [3.05, 3.63) is 24.3 Å². The molecule has 0 aromatic heterocycles. The Bertz CT molecular complexity index is 564. The molecule has 0 atom stereocenters. The number of nitrogens with one attached hydrogen (secondary N) is 1. The first-order chi connectivity index (χ1) is 9.50.